The zero-order chi connectivity index (χ0) is 19.8. The molecule has 0 aliphatic carbocycles. The molecule has 0 fully saturated rings. The van der Waals surface area contributed by atoms with Gasteiger partial charge in [-0.2, -0.15) is 4.52 Å². The summed E-state index contributed by atoms with van der Waals surface area (Å²) in [6.07, 6.45) is 5.09. The van der Waals surface area contributed by atoms with Crippen LogP contribution in [-0.4, -0.2) is 44.9 Å². The third-order valence-corrected chi connectivity index (χ3v) is 4.35. The maximum absolute atomic E-state index is 6.03. The second-order valence-corrected chi connectivity index (χ2v) is 6.36. The van der Waals surface area contributed by atoms with Crippen molar-refractivity contribution in [2.45, 2.75) is 13.5 Å². The van der Waals surface area contributed by atoms with Crippen molar-refractivity contribution in [1.82, 2.24) is 44.9 Å². The smallest absolute Gasteiger partial charge is 0.240 e. The first-order chi connectivity index (χ1) is 14.2. The van der Waals surface area contributed by atoms with Gasteiger partial charge in [-0.1, -0.05) is 16.4 Å². The van der Waals surface area contributed by atoms with Gasteiger partial charge in [0.1, 0.15) is 12.4 Å². The zero-order valence-electron chi connectivity index (χ0n) is 15.6. The number of nitrogens with zero attached hydrogens (tertiary/aromatic N) is 9. The van der Waals surface area contributed by atoms with E-state index in [1.54, 1.807) is 40.9 Å². The van der Waals surface area contributed by atoms with Crippen LogP contribution < -0.4 is 4.74 Å². The lowest BCUT2D eigenvalue weighted by Gasteiger charge is -2.11. The summed E-state index contributed by atoms with van der Waals surface area (Å²) in [5.41, 5.74) is 3.49. The number of pyridine rings is 1. The minimum atomic E-state index is 0.246. The van der Waals surface area contributed by atoms with Crippen molar-refractivity contribution in [3.63, 3.8) is 0 Å². The van der Waals surface area contributed by atoms with Crippen molar-refractivity contribution in [1.29, 1.82) is 0 Å². The van der Waals surface area contributed by atoms with E-state index in [1.165, 1.54) is 0 Å². The van der Waals surface area contributed by atoms with Crippen LogP contribution in [0.3, 0.4) is 0 Å². The van der Waals surface area contributed by atoms with Gasteiger partial charge in [0.15, 0.2) is 11.3 Å². The molecule has 5 aromatic heterocycles. The largest absolute Gasteiger partial charge is 0.470 e. The van der Waals surface area contributed by atoms with Crippen molar-refractivity contribution in [2.75, 3.05) is 0 Å². The van der Waals surface area contributed by atoms with Gasteiger partial charge < -0.3 is 9.26 Å². The average Bonchev–Trinajstić information content (AvgIpc) is 3.46. The normalized spacial score (nSPS) is 11.2. The summed E-state index contributed by atoms with van der Waals surface area (Å²) in [4.78, 5) is 4.19. The minimum absolute atomic E-state index is 0.246. The Balaban J connectivity index is 1.63. The van der Waals surface area contributed by atoms with Crippen molar-refractivity contribution in [2.24, 2.45) is 7.05 Å². The Kier molecular flexibility index (Phi) is 3.97. The number of ether oxygens (including phenoxy) is 1. The molecule has 5 aromatic rings. The Bertz CT molecular complexity index is 1290. The van der Waals surface area contributed by atoms with Gasteiger partial charge in [-0.05, 0) is 19.1 Å². The fourth-order valence-corrected chi connectivity index (χ4v) is 2.87. The molecule has 0 saturated carbocycles. The molecule has 29 heavy (non-hydrogen) atoms. The van der Waals surface area contributed by atoms with Gasteiger partial charge in [0.2, 0.25) is 11.7 Å². The van der Waals surface area contributed by atoms with E-state index in [0.717, 1.165) is 16.8 Å². The lowest BCUT2D eigenvalue weighted by Crippen LogP contribution is -2.07. The molecule has 0 saturated heterocycles. The van der Waals surface area contributed by atoms with E-state index < -0.39 is 0 Å². The zero-order valence-corrected chi connectivity index (χ0v) is 15.6. The molecule has 0 atom stereocenters. The van der Waals surface area contributed by atoms with Crippen LogP contribution in [0.25, 0.3) is 28.3 Å². The third-order valence-electron chi connectivity index (χ3n) is 4.35. The molecule has 0 aliphatic rings. The molecule has 5 heterocycles. The highest BCUT2D eigenvalue weighted by molar-refractivity contribution is 5.72. The van der Waals surface area contributed by atoms with Crippen LogP contribution >= 0.6 is 0 Å². The molecule has 0 spiro atoms. The molecule has 11 heteroatoms. The van der Waals surface area contributed by atoms with Crippen molar-refractivity contribution < 1.29 is 9.26 Å². The number of hydrogen-bond donors (Lipinski definition) is 0. The summed E-state index contributed by atoms with van der Waals surface area (Å²) in [6, 6.07) is 7.40. The number of hydrogen-bond acceptors (Lipinski definition) is 9. The molecule has 0 bridgehead atoms. The van der Waals surface area contributed by atoms with Crippen LogP contribution in [0.1, 0.15) is 11.5 Å². The SMILES string of the molecule is Cc1cc(-c2nnc3cc(-c4cccnc4)c(OCc4cnnn4C)nn23)no1. The van der Waals surface area contributed by atoms with Crippen LogP contribution in [-0.2, 0) is 13.7 Å². The molecule has 0 radical (unpaired) electrons. The number of aromatic nitrogens is 9. The molecule has 144 valence electrons. The molecular weight excluding hydrogens is 374 g/mol. The quantitative estimate of drug-likeness (QED) is 0.443. The fourth-order valence-electron chi connectivity index (χ4n) is 2.87. The summed E-state index contributed by atoms with van der Waals surface area (Å²) >= 11 is 0. The Hall–Kier alpha value is -4.15. The Morgan fingerprint density at radius 3 is 2.83 bits per heavy atom. The second kappa shape index (κ2) is 6.78. The van der Waals surface area contributed by atoms with E-state index in [-0.39, 0.29) is 6.61 Å². The Labute approximate surface area is 164 Å². The molecule has 11 nitrogen and oxygen atoms in total. The maximum atomic E-state index is 6.03. The first-order valence-corrected chi connectivity index (χ1v) is 8.76. The molecule has 0 amide bonds. The molecule has 0 aliphatic heterocycles. The van der Waals surface area contributed by atoms with Crippen LogP contribution in [0, 0.1) is 6.92 Å². The van der Waals surface area contributed by atoms with Crippen LogP contribution in [0.4, 0.5) is 0 Å². The first kappa shape index (κ1) is 17.0. The number of rotatable bonds is 5. The monoisotopic (exact) mass is 389 g/mol. The third kappa shape index (κ3) is 3.08. The molecule has 5 rings (SSSR count). The summed E-state index contributed by atoms with van der Waals surface area (Å²) in [5, 5.41) is 24.9. The summed E-state index contributed by atoms with van der Waals surface area (Å²) in [6.45, 7) is 2.06. The highest BCUT2D eigenvalue weighted by atomic mass is 16.5. The summed E-state index contributed by atoms with van der Waals surface area (Å²) in [7, 11) is 1.80. The van der Waals surface area contributed by atoms with Crippen LogP contribution in [0.2, 0.25) is 0 Å². The first-order valence-electron chi connectivity index (χ1n) is 8.76. The standard InChI is InChI=1S/C18H15N9O2/c1-11-6-15(24-29-11)17-22-21-16-7-14(12-4-3-5-19-8-12)18(23-27(16)17)28-10-13-9-20-25-26(13)2/h3-9H,10H2,1-2H3. The molecular formula is C18H15N9O2. The van der Waals surface area contributed by atoms with Gasteiger partial charge in [0.05, 0.1) is 17.5 Å². The predicted octanol–water partition coefficient (Wildman–Crippen LogP) is 1.86. The highest BCUT2D eigenvalue weighted by Crippen LogP contribution is 2.30. The number of fused-ring (bicyclic) bond motifs is 1. The lowest BCUT2D eigenvalue weighted by atomic mass is 10.1. The van der Waals surface area contributed by atoms with E-state index in [0.29, 0.717) is 28.8 Å². The van der Waals surface area contributed by atoms with Gasteiger partial charge in [0.25, 0.3) is 0 Å². The van der Waals surface area contributed by atoms with Crippen molar-refractivity contribution in [3.8, 4) is 28.5 Å². The predicted molar refractivity (Wildman–Crippen MR) is 99.6 cm³/mol. The Morgan fingerprint density at radius 2 is 2.10 bits per heavy atom. The lowest BCUT2D eigenvalue weighted by molar-refractivity contribution is 0.280. The van der Waals surface area contributed by atoms with E-state index in [9.17, 15) is 0 Å². The topological polar surface area (TPSA) is 122 Å². The summed E-state index contributed by atoms with van der Waals surface area (Å²) in [5.74, 6) is 1.53. The van der Waals surface area contributed by atoms with Gasteiger partial charge >= 0.3 is 0 Å². The second-order valence-electron chi connectivity index (χ2n) is 6.36. The van der Waals surface area contributed by atoms with Crippen LogP contribution in [0.15, 0.2) is 47.4 Å². The van der Waals surface area contributed by atoms with E-state index in [2.05, 4.69) is 35.7 Å². The van der Waals surface area contributed by atoms with Crippen molar-refractivity contribution in [3.05, 3.63) is 54.3 Å². The Morgan fingerprint density at radius 1 is 1.17 bits per heavy atom. The van der Waals surface area contributed by atoms with Gasteiger partial charge in [-0.25, -0.2) is 4.68 Å². The summed E-state index contributed by atoms with van der Waals surface area (Å²) < 4.78 is 14.4. The van der Waals surface area contributed by atoms with Gasteiger partial charge in [-0.3, -0.25) is 4.98 Å². The maximum Gasteiger partial charge on any atom is 0.240 e. The molecule has 0 aromatic carbocycles. The van der Waals surface area contributed by atoms with Crippen LogP contribution in [0.5, 0.6) is 5.88 Å². The molecule has 0 N–H and O–H groups in total. The highest BCUT2D eigenvalue weighted by Gasteiger charge is 2.18. The van der Waals surface area contributed by atoms with Gasteiger partial charge in [-0.15, -0.1) is 20.4 Å². The van der Waals surface area contributed by atoms with E-state index >= 15 is 0 Å². The van der Waals surface area contributed by atoms with Crippen molar-refractivity contribution >= 4 is 5.65 Å². The minimum Gasteiger partial charge on any atom is -0.470 e. The van der Waals surface area contributed by atoms with E-state index in [1.807, 2.05) is 25.1 Å². The van der Waals surface area contributed by atoms with Gasteiger partial charge in [0, 0.05) is 31.1 Å². The molecule has 0 unspecified atom stereocenters. The van der Waals surface area contributed by atoms with E-state index in [4.69, 9.17) is 9.26 Å². The average molecular weight is 389 g/mol. The fraction of sp³-hybridized carbons (Fsp3) is 0.167. The number of aryl methyl sites for hydroxylation is 2.